The molecule has 0 bridgehead atoms. The van der Waals surface area contributed by atoms with E-state index in [4.69, 9.17) is 9.47 Å². The zero-order valence-electron chi connectivity index (χ0n) is 16.8. The van der Waals surface area contributed by atoms with E-state index in [0.717, 1.165) is 22.9 Å². The van der Waals surface area contributed by atoms with Crippen LogP contribution in [0.15, 0.2) is 42.6 Å². The van der Waals surface area contributed by atoms with Crippen molar-refractivity contribution in [3.8, 4) is 11.5 Å². The van der Waals surface area contributed by atoms with Gasteiger partial charge in [0.05, 0.1) is 0 Å². The number of rotatable bonds is 5. The normalized spacial score (nSPS) is 17.3. The molecule has 2 aliphatic rings. The van der Waals surface area contributed by atoms with Gasteiger partial charge in [-0.1, -0.05) is 0 Å². The zero-order valence-corrected chi connectivity index (χ0v) is 16.8. The lowest BCUT2D eigenvalue weighted by molar-refractivity contribution is -0.124. The molecule has 1 unspecified atom stereocenters. The van der Waals surface area contributed by atoms with Crippen molar-refractivity contribution in [1.82, 2.24) is 15.2 Å². The van der Waals surface area contributed by atoms with Gasteiger partial charge in [0.25, 0.3) is 5.91 Å². The Morgan fingerprint density at radius 1 is 1.16 bits per heavy atom. The van der Waals surface area contributed by atoms with Gasteiger partial charge in [-0.15, -0.1) is 0 Å². The highest BCUT2D eigenvalue weighted by Crippen LogP contribution is 2.33. The van der Waals surface area contributed by atoms with E-state index in [-0.39, 0.29) is 24.4 Å². The number of likely N-dealkylation sites (tertiary alicyclic amines) is 1. The third-order valence-corrected chi connectivity index (χ3v) is 5.86. The summed E-state index contributed by atoms with van der Waals surface area (Å²) in [5.74, 6) is 0.534. The fourth-order valence-electron chi connectivity index (χ4n) is 4.28. The maximum absolute atomic E-state index is 13.3. The summed E-state index contributed by atoms with van der Waals surface area (Å²) < 4.78 is 24.0. The Morgan fingerprint density at radius 3 is 2.94 bits per heavy atom. The number of carbonyl (C=O) groups is 2. The van der Waals surface area contributed by atoms with Crippen LogP contribution in [0.4, 0.5) is 4.39 Å². The van der Waals surface area contributed by atoms with Gasteiger partial charge < -0.3 is 24.7 Å². The molecule has 0 saturated carbocycles. The van der Waals surface area contributed by atoms with Gasteiger partial charge in [0.1, 0.15) is 11.9 Å². The van der Waals surface area contributed by atoms with E-state index in [1.54, 1.807) is 29.2 Å². The van der Waals surface area contributed by atoms with E-state index >= 15 is 0 Å². The van der Waals surface area contributed by atoms with Gasteiger partial charge in [0.15, 0.2) is 11.5 Å². The first-order valence-electron chi connectivity index (χ1n) is 10.3. The maximum Gasteiger partial charge on any atom is 0.254 e. The molecule has 1 fully saturated rings. The van der Waals surface area contributed by atoms with Crippen molar-refractivity contribution in [3.63, 3.8) is 0 Å². The predicted octanol–water partition coefficient (Wildman–Crippen LogP) is 3.00. The Bertz CT molecular complexity index is 1160. The number of hydrogen-bond donors (Lipinski definition) is 2. The van der Waals surface area contributed by atoms with Gasteiger partial charge in [-0.05, 0) is 61.2 Å². The van der Waals surface area contributed by atoms with Gasteiger partial charge in [-0.25, -0.2) is 4.39 Å². The molecule has 2 aliphatic heterocycles. The lowest BCUT2D eigenvalue weighted by Crippen LogP contribution is -2.46. The SMILES string of the molecule is O=C(NCCc1c[nH]c2cc(F)ccc12)C1CCCN1C(=O)c1ccc2c(c1)OCO2. The highest BCUT2D eigenvalue weighted by atomic mass is 19.1. The fraction of sp³-hybridized carbons (Fsp3) is 0.304. The minimum Gasteiger partial charge on any atom is -0.454 e. The molecule has 1 aromatic heterocycles. The number of benzene rings is 2. The quantitative estimate of drug-likeness (QED) is 0.661. The van der Waals surface area contributed by atoms with Crippen molar-refractivity contribution < 1.29 is 23.5 Å². The monoisotopic (exact) mass is 423 g/mol. The van der Waals surface area contributed by atoms with E-state index < -0.39 is 6.04 Å². The first kappa shape index (κ1) is 19.4. The molecule has 8 heteroatoms. The molecular formula is C23H22FN3O4. The van der Waals surface area contributed by atoms with Crippen molar-refractivity contribution in [2.24, 2.45) is 0 Å². The zero-order chi connectivity index (χ0) is 21.4. The molecule has 2 aromatic carbocycles. The average Bonchev–Trinajstić information content (AvgIpc) is 3.52. The van der Waals surface area contributed by atoms with Crippen LogP contribution >= 0.6 is 0 Å². The van der Waals surface area contributed by atoms with Crippen molar-refractivity contribution in [2.75, 3.05) is 19.9 Å². The van der Waals surface area contributed by atoms with Crippen LogP contribution in [0.5, 0.6) is 11.5 Å². The number of hydrogen-bond acceptors (Lipinski definition) is 4. The first-order valence-corrected chi connectivity index (χ1v) is 10.3. The van der Waals surface area contributed by atoms with Gasteiger partial charge >= 0.3 is 0 Å². The van der Waals surface area contributed by atoms with E-state index in [0.29, 0.717) is 43.0 Å². The number of carbonyl (C=O) groups excluding carboxylic acids is 2. The summed E-state index contributed by atoms with van der Waals surface area (Å²) in [6.07, 6.45) is 3.86. The summed E-state index contributed by atoms with van der Waals surface area (Å²) in [4.78, 5) is 30.5. The summed E-state index contributed by atoms with van der Waals surface area (Å²) >= 11 is 0. The predicted molar refractivity (Wildman–Crippen MR) is 112 cm³/mol. The summed E-state index contributed by atoms with van der Waals surface area (Å²) in [6.45, 7) is 1.12. The molecule has 0 spiro atoms. The van der Waals surface area contributed by atoms with E-state index in [2.05, 4.69) is 10.3 Å². The van der Waals surface area contributed by atoms with Crippen LogP contribution in [0.1, 0.15) is 28.8 Å². The minimum absolute atomic E-state index is 0.146. The number of aromatic nitrogens is 1. The maximum atomic E-state index is 13.3. The van der Waals surface area contributed by atoms with Crippen LogP contribution in [0.3, 0.4) is 0 Å². The third kappa shape index (κ3) is 3.69. The highest BCUT2D eigenvalue weighted by Gasteiger charge is 2.34. The molecule has 3 heterocycles. The Labute approximate surface area is 178 Å². The third-order valence-electron chi connectivity index (χ3n) is 5.86. The van der Waals surface area contributed by atoms with Crippen LogP contribution in [0, 0.1) is 5.82 Å². The molecular weight excluding hydrogens is 401 g/mol. The molecule has 0 radical (unpaired) electrons. The van der Waals surface area contributed by atoms with Crippen LogP contribution < -0.4 is 14.8 Å². The number of ether oxygens (including phenoxy) is 2. The number of nitrogens with zero attached hydrogens (tertiary/aromatic N) is 1. The van der Waals surface area contributed by atoms with Gasteiger partial charge in [-0.2, -0.15) is 0 Å². The van der Waals surface area contributed by atoms with Crippen molar-refractivity contribution in [1.29, 1.82) is 0 Å². The number of halogens is 1. The molecule has 7 nitrogen and oxygen atoms in total. The minimum atomic E-state index is -0.491. The molecule has 5 rings (SSSR count). The Kier molecular flexibility index (Phi) is 4.97. The van der Waals surface area contributed by atoms with Crippen molar-refractivity contribution in [2.45, 2.75) is 25.3 Å². The molecule has 2 N–H and O–H groups in total. The number of fused-ring (bicyclic) bond motifs is 2. The van der Waals surface area contributed by atoms with Gasteiger partial charge in [0.2, 0.25) is 12.7 Å². The smallest absolute Gasteiger partial charge is 0.254 e. The largest absolute Gasteiger partial charge is 0.454 e. The number of H-pyrrole nitrogens is 1. The van der Waals surface area contributed by atoms with Crippen molar-refractivity contribution >= 4 is 22.7 Å². The molecule has 0 aliphatic carbocycles. The lowest BCUT2D eigenvalue weighted by atomic mass is 10.1. The summed E-state index contributed by atoms with van der Waals surface area (Å²) in [6, 6.07) is 9.21. The lowest BCUT2D eigenvalue weighted by Gasteiger charge is -2.24. The molecule has 1 saturated heterocycles. The highest BCUT2D eigenvalue weighted by molar-refractivity contribution is 5.98. The van der Waals surface area contributed by atoms with Crippen LogP contribution in [0.2, 0.25) is 0 Å². The molecule has 2 amide bonds. The Morgan fingerprint density at radius 2 is 2.03 bits per heavy atom. The van der Waals surface area contributed by atoms with Crippen LogP contribution in [-0.2, 0) is 11.2 Å². The summed E-state index contributed by atoms with van der Waals surface area (Å²) in [7, 11) is 0. The van der Waals surface area contributed by atoms with Gasteiger partial charge in [0, 0.05) is 35.8 Å². The molecule has 160 valence electrons. The van der Waals surface area contributed by atoms with E-state index in [1.165, 1.54) is 12.1 Å². The van der Waals surface area contributed by atoms with Gasteiger partial charge in [-0.3, -0.25) is 9.59 Å². The van der Waals surface area contributed by atoms with Crippen LogP contribution in [0.25, 0.3) is 10.9 Å². The fourth-order valence-corrected chi connectivity index (χ4v) is 4.28. The van der Waals surface area contributed by atoms with Crippen molar-refractivity contribution in [3.05, 3.63) is 59.5 Å². The number of aromatic amines is 1. The molecule has 31 heavy (non-hydrogen) atoms. The van der Waals surface area contributed by atoms with E-state index in [9.17, 15) is 14.0 Å². The van der Waals surface area contributed by atoms with E-state index in [1.807, 2.05) is 6.20 Å². The molecule has 3 aromatic rings. The second kappa shape index (κ2) is 7.94. The topological polar surface area (TPSA) is 83.7 Å². The first-order chi connectivity index (χ1) is 15.1. The Hall–Kier alpha value is -3.55. The standard InChI is InChI=1S/C23H22FN3O4/c24-16-4-5-17-15(12-26-18(17)11-16)7-8-25-22(28)19-2-1-9-27(19)23(29)14-3-6-20-21(10-14)31-13-30-20/h3-6,10-12,19,26H,1-2,7-9,13H2,(H,25,28). The molecule has 1 atom stereocenters. The second-order valence-electron chi connectivity index (χ2n) is 7.77. The summed E-state index contributed by atoms with van der Waals surface area (Å²) in [5.41, 5.74) is 2.22. The summed E-state index contributed by atoms with van der Waals surface area (Å²) in [5, 5.41) is 3.89. The number of amides is 2. The second-order valence-corrected chi connectivity index (χ2v) is 7.77. The number of nitrogens with one attached hydrogen (secondary N) is 2. The Balaban J connectivity index is 1.22. The van der Waals surface area contributed by atoms with Crippen LogP contribution in [-0.4, -0.2) is 47.6 Å². The average molecular weight is 423 g/mol.